The largest absolute Gasteiger partial charge is 0.493 e. The Balaban J connectivity index is 1.70. The first kappa shape index (κ1) is 22.9. The third kappa shape index (κ3) is 6.11. The number of benzene rings is 2. The number of rotatable bonds is 7. The Morgan fingerprint density at radius 1 is 1.16 bits per heavy atom. The summed E-state index contributed by atoms with van der Waals surface area (Å²) in [6.07, 6.45) is -2.22. The van der Waals surface area contributed by atoms with Crippen LogP contribution >= 0.6 is 27.5 Å². The standard InChI is InChI=1S/C21H16BrClF3N3O2/c1-30-18-8-14(10-28-29-20-7-6-15(11-27-20)21(24,25)26)16(22)9-19(18)31-12-13-4-2-3-5-17(13)23/h2-11H,12H2,1H3,(H,27,29)/b28-10-. The molecule has 0 saturated carbocycles. The van der Waals surface area contributed by atoms with Crippen LogP contribution in [-0.4, -0.2) is 18.3 Å². The number of aromatic nitrogens is 1. The third-order valence-electron chi connectivity index (χ3n) is 4.10. The molecule has 0 atom stereocenters. The van der Waals surface area contributed by atoms with Crippen molar-refractivity contribution in [1.82, 2.24) is 4.98 Å². The Labute approximate surface area is 190 Å². The molecule has 1 N–H and O–H groups in total. The smallest absolute Gasteiger partial charge is 0.417 e. The van der Waals surface area contributed by atoms with Crippen LogP contribution in [0.3, 0.4) is 0 Å². The number of methoxy groups -OCH3 is 1. The zero-order valence-corrected chi connectivity index (χ0v) is 18.4. The van der Waals surface area contributed by atoms with Crippen molar-refractivity contribution in [3.05, 3.63) is 80.9 Å². The van der Waals surface area contributed by atoms with Gasteiger partial charge in [-0.05, 0) is 46.3 Å². The number of anilines is 1. The molecular formula is C21H16BrClF3N3O2. The van der Waals surface area contributed by atoms with E-state index in [2.05, 4.69) is 31.4 Å². The van der Waals surface area contributed by atoms with Crippen LogP contribution < -0.4 is 14.9 Å². The number of nitrogens with one attached hydrogen (secondary N) is 1. The van der Waals surface area contributed by atoms with Gasteiger partial charge in [0.2, 0.25) is 0 Å². The molecule has 0 spiro atoms. The van der Waals surface area contributed by atoms with Crippen LogP contribution in [0, 0.1) is 0 Å². The van der Waals surface area contributed by atoms with Gasteiger partial charge in [-0.25, -0.2) is 4.98 Å². The van der Waals surface area contributed by atoms with Gasteiger partial charge in [0.05, 0.1) is 18.9 Å². The lowest BCUT2D eigenvalue weighted by atomic mass is 10.2. The van der Waals surface area contributed by atoms with Gasteiger partial charge in [0.1, 0.15) is 12.4 Å². The molecule has 1 aromatic heterocycles. The molecule has 0 radical (unpaired) electrons. The predicted molar refractivity (Wildman–Crippen MR) is 117 cm³/mol. The zero-order valence-electron chi connectivity index (χ0n) is 16.1. The average molecular weight is 515 g/mol. The topological polar surface area (TPSA) is 55.7 Å². The van der Waals surface area contributed by atoms with Gasteiger partial charge in [-0.3, -0.25) is 5.43 Å². The minimum atomic E-state index is -4.44. The van der Waals surface area contributed by atoms with Crippen LogP contribution in [0.2, 0.25) is 5.02 Å². The van der Waals surface area contributed by atoms with Crippen molar-refractivity contribution in [1.29, 1.82) is 0 Å². The van der Waals surface area contributed by atoms with Gasteiger partial charge in [-0.15, -0.1) is 0 Å². The number of hydrogen-bond donors (Lipinski definition) is 1. The number of hydrogen-bond acceptors (Lipinski definition) is 5. The molecule has 3 rings (SSSR count). The number of halogens is 5. The maximum atomic E-state index is 12.6. The zero-order chi connectivity index (χ0) is 22.4. The second-order valence-electron chi connectivity index (χ2n) is 6.20. The van der Waals surface area contributed by atoms with E-state index in [0.29, 0.717) is 26.6 Å². The van der Waals surface area contributed by atoms with Gasteiger partial charge >= 0.3 is 6.18 Å². The van der Waals surface area contributed by atoms with Crippen molar-refractivity contribution in [2.45, 2.75) is 12.8 Å². The van der Waals surface area contributed by atoms with E-state index in [1.165, 1.54) is 19.4 Å². The molecule has 0 saturated heterocycles. The molecule has 0 aliphatic carbocycles. The van der Waals surface area contributed by atoms with Gasteiger partial charge in [0.25, 0.3) is 0 Å². The summed E-state index contributed by atoms with van der Waals surface area (Å²) >= 11 is 9.60. The van der Waals surface area contributed by atoms with E-state index in [9.17, 15) is 13.2 Å². The van der Waals surface area contributed by atoms with E-state index < -0.39 is 11.7 Å². The molecule has 1 heterocycles. The fourth-order valence-corrected chi connectivity index (χ4v) is 3.10. The van der Waals surface area contributed by atoms with Crippen LogP contribution in [0.5, 0.6) is 11.5 Å². The molecular weight excluding hydrogens is 499 g/mol. The highest BCUT2D eigenvalue weighted by Crippen LogP contribution is 2.34. The summed E-state index contributed by atoms with van der Waals surface area (Å²) < 4.78 is 49.7. The van der Waals surface area contributed by atoms with Crippen LogP contribution in [0.25, 0.3) is 0 Å². The summed E-state index contributed by atoms with van der Waals surface area (Å²) in [7, 11) is 1.51. The maximum Gasteiger partial charge on any atom is 0.417 e. The quantitative estimate of drug-likeness (QED) is 0.287. The van der Waals surface area contributed by atoms with Crippen molar-refractivity contribution in [3.63, 3.8) is 0 Å². The van der Waals surface area contributed by atoms with Crippen LogP contribution in [0.15, 0.2) is 64.3 Å². The lowest BCUT2D eigenvalue weighted by Gasteiger charge is -2.13. The second kappa shape index (κ2) is 10.0. The molecule has 0 amide bonds. The van der Waals surface area contributed by atoms with Crippen LogP contribution in [0.1, 0.15) is 16.7 Å². The van der Waals surface area contributed by atoms with Crippen molar-refractivity contribution in [2.75, 3.05) is 12.5 Å². The van der Waals surface area contributed by atoms with Crippen molar-refractivity contribution >= 4 is 39.6 Å². The summed E-state index contributed by atoms with van der Waals surface area (Å²) in [4.78, 5) is 3.69. The number of ether oxygens (including phenoxy) is 2. The van der Waals surface area contributed by atoms with Gasteiger partial charge in [-0.2, -0.15) is 18.3 Å². The lowest BCUT2D eigenvalue weighted by Crippen LogP contribution is -2.05. The Bertz CT molecular complexity index is 1080. The Hall–Kier alpha value is -2.78. The van der Waals surface area contributed by atoms with Crippen molar-refractivity contribution in [2.24, 2.45) is 5.10 Å². The molecule has 5 nitrogen and oxygen atoms in total. The van der Waals surface area contributed by atoms with Gasteiger partial charge < -0.3 is 9.47 Å². The molecule has 3 aromatic rings. The molecule has 2 aromatic carbocycles. The first-order valence-electron chi connectivity index (χ1n) is 8.84. The van der Waals surface area contributed by atoms with E-state index in [0.717, 1.165) is 17.8 Å². The minimum absolute atomic E-state index is 0.173. The van der Waals surface area contributed by atoms with Gasteiger partial charge in [0, 0.05) is 26.8 Å². The predicted octanol–water partition coefficient (Wildman–Crippen LogP) is 6.55. The van der Waals surface area contributed by atoms with Gasteiger partial charge in [0.15, 0.2) is 11.5 Å². The number of nitrogens with zero attached hydrogens (tertiary/aromatic N) is 2. The maximum absolute atomic E-state index is 12.6. The minimum Gasteiger partial charge on any atom is -0.493 e. The summed E-state index contributed by atoms with van der Waals surface area (Å²) in [6, 6.07) is 12.9. The number of pyridine rings is 1. The Morgan fingerprint density at radius 3 is 2.58 bits per heavy atom. The molecule has 0 fully saturated rings. The summed E-state index contributed by atoms with van der Waals surface area (Å²) in [5, 5.41) is 4.62. The third-order valence-corrected chi connectivity index (χ3v) is 5.15. The first-order valence-corrected chi connectivity index (χ1v) is 10.0. The van der Waals surface area contributed by atoms with E-state index in [1.807, 2.05) is 18.2 Å². The highest BCUT2D eigenvalue weighted by atomic mass is 79.9. The molecule has 0 unspecified atom stereocenters. The highest BCUT2D eigenvalue weighted by Gasteiger charge is 2.30. The molecule has 0 aliphatic rings. The van der Waals surface area contributed by atoms with E-state index in [-0.39, 0.29) is 12.4 Å². The fourth-order valence-electron chi connectivity index (χ4n) is 2.49. The van der Waals surface area contributed by atoms with Crippen molar-refractivity contribution < 1.29 is 22.6 Å². The Kier molecular flexibility index (Phi) is 7.40. The average Bonchev–Trinajstić information content (AvgIpc) is 2.74. The van der Waals surface area contributed by atoms with E-state index in [4.69, 9.17) is 21.1 Å². The highest BCUT2D eigenvalue weighted by molar-refractivity contribution is 9.10. The van der Waals surface area contributed by atoms with Crippen LogP contribution in [0.4, 0.5) is 19.0 Å². The lowest BCUT2D eigenvalue weighted by molar-refractivity contribution is -0.137. The van der Waals surface area contributed by atoms with E-state index in [1.54, 1.807) is 18.2 Å². The molecule has 10 heteroatoms. The van der Waals surface area contributed by atoms with Crippen LogP contribution in [-0.2, 0) is 12.8 Å². The summed E-state index contributed by atoms with van der Waals surface area (Å²) in [6.45, 7) is 0.261. The molecule has 31 heavy (non-hydrogen) atoms. The summed E-state index contributed by atoms with van der Waals surface area (Å²) in [5.74, 6) is 1.15. The van der Waals surface area contributed by atoms with E-state index >= 15 is 0 Å². The fraction of sp³-hybridized carbons (Fsp3) is 0.143. The normalized spacial score (nSPS) is 11.5. The summed E-state index contributed by atoms with van der Waals surface area (Å²) in [5.41, 5.74) is 3.24. The molecule has 0 bridgehead atoms. The first-order chi connectivity index (χ1) is 14.8. The second-order valence-corrected chi connectivity index (χ2v) is 7.47. The van der Waals surface area contributed by atoms with Crippen molar-refractivity contribution in [3.8, 4) is 11.5 Å². The molecule has 0 aliphatic heterocycles. The van der Waals surface area contributed by atoms with Gasteiger partial charge in [-0.1, -0.05) is 29.8 Å². The SMILES string of the molecule is COc1cc(/C=N\Nc2ccc(C(F)(F)F)cn2)c(Br)cc1OCc1ccccc1Cl. The number of hydrazone groups is 1. The monoisotopic (exact) mass is 513 g/mol. The number of alkyl halides is 3. The Morgan fingerprint density at radius 2 is 1.94 bits per heavy atom. The molecule has 162 valence electrons.